The summed E-state index contributed by atoms with van der Waals surface area (Å²) < 4.78 is 28.3. The van der Waals surface area contributed by atoms with Crippen molar-refractivity contribution in [2.24, 2.45) is 0 Å². The summed E-state index contributed by atoms with van der Waals surface area (Å²) in [5.41, 5.74) is 1.01. The van der Waals surface area contributed by atoms with Gasteiger partial charge in [0.1, 0.15) is 0 Å². The van der Waals surface area contributed by atoms with E-state index in [1.807, 2.05) is 20.8 Å². The average Bonchev–Trinajstić information content (AvgIpc) is 2.85. The zero-order valence-electron chi connectivity index (χ0n) is 11.6. The molecule has 0 aliphatic carbocycles. The van der Waals surface area contributed by atoms with Crippen LogP contribution in [0.25, 0.3) is 0 Å². The third-order valence-corrected chi connectivity index (χ3v) is 4.22. The van der Waals surface area contributed by atoms with Crippen molar-refractivity contribution < 1.29 is 8.42 Å². The molecule has 0 aliphatic rings. The molecule has 0 fully saturated rings. The van der Waals surface area contributed by atoms with Crippen LogP contribution in [0.4, 0.5) is 0 Å². The Bertz CT molecular complexity index is 676. The smallest absolute Gasteiger partial charge is 0.226 e. The lowest BCUT2D eigenvalue weighted by molar-refractivity contribution is 0.489. The van der Waals surface area contributed by atoms with Gasteiger partial charge in [0.2, 0.25) is 10.0 Å². The van der Waals surface area contributed by atoms with Crippen LogP contribution < -0.4 is 4.72 Å². The summed E-state index contributed by atoms with van der Waals surface area (Å²) >= 11 is 0. The van der Waals surface area contributed by atoms with Crippen molar-refractivity contribution in [3.63, 3.8) is 0 Å². The summed E-state index contributed by atoms with van der Waals surface area (Å²) in [5, 5.41) is 11.2. The van der Waals surface area contributed by atoms with Crippen molar-refractivity contribution in [3.8, 4) is 0 Å². The van der Waals surface area contributed by atoms with Gasteiger partial charge in [-0.15, -0.1) is 5.10 Å². The van der Waals surface area contributed by atoms with E-state index < -0.39 is 10.0 Å². The fraction of sp³-hybridized carbons (Fsp3) is 0.417. The van der Waals surface area contributed by atoms with Gasteiger partial charge in [-0.25, -0.2) is 17.8 Å². The second-order valence-electron chi connectivity index (χ2n) is 4.77. The third kappa shape index (κ3) is 3.20. The minimum atomic E-state index is -3.55. The molecule has 0 saturated carbocycles. The number of hydrogen-bond acceptors (Lipinski definition) is 5. The van der Waals surface area contributed by atoms with Crippen LogP contribution in [0, 0.1) is 6.92 Å². The second-order valence-corrected chi connectivity index (χ2v) is 6.54. The van der Waals surface area contributed by atoms with Crippen LogP contribution in [0.2, 0.25) is 0 Å². The molecular formula is C12H17N5O2S. The molecule has 1 heterocycles. The first-order chi connectivity index (χ1) is 9.40. The number of hydrogen-bond donors (Lipinski definition) is 1. The second kappa shape index (κ2) is 5.68. The Hall–Kier alpha value is -1.80. The van der Waals surface area contributed by atoms with Crippen LogP contribution >= 0.6 is 0 Å². The monoisotopic (exact) mass is 295 g/mol. The number of rotatable bonds is 5. The number of nitrogens with one attached hydrogen (secondary N) is 1. The molecule has 2 aromatic rings. The van der Waals surface area contributed by atoms with Gasteiger partial charge in [0.25, 0.3) is 0 Å². The normalized spacial score (nSPS) is 12.0. The molecule has 20 heavy (non-hydrogen) atoms. The maximum atomic E-state index is 12.1. The molecule has 0 amide bonds. The molecule has 0 aliphatic heterocycles. The SMILES string of the molecule is Cc1ccc(S(=O)(=O)NCc2nnnn2C(C)C)cc1. The lowest BCUT2D eigenvalue weighted by Crippen LogP contribution is -2.25. The summed E-state index contributed by atoms with van der Waals surface area (Å²) in [6.45, 7) is 5.81. The average molecular weight is 295 g/mol. The largest absolute Gasteiger partial charge is 0.240 e. The van der Waals surface area contributed by atoms with E-state index in [0.717, 1.165) is 5.56 Å². The van der Waals surface area contributed by atoms with Gasteiger partial charge in [-0.2, -0.15) is 0 Å². The van der Waals surface area contributed by atoms with Crippen LogP contribution in [-0.2, 0) is 16.6 Å². The molecule has 7 nitrogen and oxygen atoms in total. The Morgan fingerprint density at radius 2 is 1.90 bits per heavy atom. The Morgan fingerprint density at radius 3 is 2.50 bits per heavy atom. The Labute approximate surface area is 118 Å². The highest BCUT2D eigenvalue weighted by molar-refractivity contribution is 7.89. The first-order valence-corrected chi connectivity index (χ1v) is 7.71. The van der Waals surface area contributed by atoms with Gasteiger partial charge in [-0.1, -0.05) is 17.7 Å². The molecule has 0 bridgehead atoms. The molecule has 1 aromatic heterocycles. The molecule has 0 spiro atoms. The van der Waals surface area contributed by atoms with Crippen molar-refractivity contribution in [3.05, 3.63) is 35.7 Å². The topological polar surface area (TPSA) is 89.8 Å². The van der Waals surface area contributed by atoms with E-state index in [-0.39, 0.29) is 17.5 Å². The van der Waals surface area contributed by atoms with Crippen LogP contribution in [0.1, 0.15) is 31.3 Å². The number of tetrazole rings is 1. The summed E-state index contributed by atoms with van der Waals surface area (Å²) in [6.07, 6.45) is 0. The van der Waals surface area contributed by atoms with Crippen molar-refractivity contribution in [2.45, 2.75) is 38.3 Å². The molecule has 0 saturated heterocycles. The number of sulfonamides is 1. The quantitative estimate of drug-likeness (QED) is 0.890. The highest BCUT2D eigenvalue weighted by Crippen LogP contribution is 2.11. The molecule has 0 unspecified atom stereocenters. The summed E-state index contributed by atoms with van der Waals surface area (Å²) in [7, 11) is -3.55. The Balaban J connectivity index is 2.13. The summed E-state index contributed by atoms with van der Waals surface area (Å²) in [4.78, 5) is 0.228. The first-order valence-electron chi connectivity index (χ1n) is 6.23. The van der Waals surface area contributed by atoms with E-state index in [2.05, 4.69) is 20.2 Å². The van der Waals surface area contributed by atoms with Crippen LogP contribution in [0.3, 0.4) is 0 Å². The van der Waals surface area contributed by atoms with E-state index >= 15 is 0 Å². The van der Waals surface area contributed by atoms with Gasteiger partial charge >= 0.3 is 0 Å². The van der Waals surface area contributed by atoms with Crippen LogP contribution in [-0.4, -0.2) is 28.6 Å². The van der Waals surface area contributed by atoms with E-state index in [4.69, 9.17) is 0 Å². The number of benzene rings is 1. The van der Waals surface area contributed by atoms with Gasteiger partial charge in [0.05, 0.1) is 17.5 Å². The number of aryl methyl sites for hydroxylation is 1. The highest BCUT2D eigenvalue weighted by atomic mass is 32.2. The van der Waals surface area contributed by atoms with E-state index in [0.29, 0.717) is 5.82 Å². The molecule has 2 rings (SSSR count). The van der Waals surface area contributed by atoms with E-state index in [1.54, 1.807) is 28.9 Å². The zero-order valence-corrected chi connectivity index (χ0v) is 12.4. The maximum Gasteiger partial charge on any atom is 0.240 e. The Morgan fingerprint density at radius 1 is 1.25 bits per heavy atom. The predicted molar refractivity (Wildman–Crippen MR) is 73.4 cm³/mol. The van der Waals surface area contributed by atoms with Crippen LogP contribution in [0.5, 0.6) is 0 Å². The molecule has 8 heteroatoms. The van der Waals surface area contributed by atoms with Gasteiger partial charge in [0, 0.05) is 0 Å². The maximum absolute atomic E-state index is 12.1. The minimum absolute atomic E-state index is 0.0569. The standard InChI is InChI=1S/C12H17N5O2S/c1-9(2)17-12(14-15-16-17)8-13-20(18,19)11-6-4-10(3)5-7-11/h4-7,9,13H,8H2,1-3H3. The van der Waals surface area contributed by atoms with Crippen molar-refractivity contribution >= 4 is 10.0 Å². The van der Waals surface area contributed by atoms with Crippen LogP contribution in [0.15, 0.2) is 29.2 Å². The molecule has 0 radical (unpaired) electrons. The Kier molecular flexibility index (Phi) is 4.15. The predicted octanol–water partition coefficient (Wildman–Crippen LogP) is 1.04. The number of nitrogens with zero attached hydrogens (tertiary/aromatic N) is 4. The fourth-order valence-corrected chi connectivity index (χ4v) is 2.67. The molecule has 108 valence electrons. The van der Waals surface area contributed by atoms with E-state index in [1.165, 1.54) is 0 Å². The molecule has 1 N–H and O–H groups in total. The first kappa shape index (κ1) is 14.6. The highest BCUT2D eigenvalue weighted by Gasteiger charge is 2.16. The van der Waals surface area contributed by atoms with Crippen molar-refractivity contribution in [2.75, 3.05) is 0 Å². The summed E-state index contributed by atoms with van der Waals surface area (Å²) in [5.74, 6) is 0.482. The van der Waals surface area contributed by atoms with Gasteiger partial charge in [0.15, 0.2) is 5.82 Å². The van der Waals surface area contributed by atoms with Crippen molar-refractivity contribution in [1.29, 1.82) is 0 Å². The molecular weight excluding hydrogens is 278 g/mol. The lowest BCUT2D eigenvalue weighted by atomic mass is 10.2. The van der Waals surface area contributed by atoms with Gasteiger partial charge in [-0.3, -0.25) is 0 Å². The van der Waals surface area contributed by atoms with Gasteiger partial charge in [-0.05, 0) is 43.3 Å². The third-order valence-electron chi connectivity index (χ3n) is 2.80. The lowest BCUT2D eigenvalue weighted by Gasteiger charge is -2.09. The number of aromatic nitrogens is 4. The minimum Gasteiger partial charge on any atom is -0.226 e. The van der Waals surface area contributed by atoms with Crippen molar-refractivity contribution in [1.82, 2.24) is 24.9 Å². The zero-order chi connectivity index (χ0) is 14.8. The summed E-state index contributed by atoms with van der Waals surface area (Å²) in [6, 6.07) is 6.73. The molecule has 0 atom stereocenters. The van der Waals surface area contributed by atoms with E-state index in [9.17, 15) is 8.42 Å². The fourth-order valence-electron chi connectivity index (χ4n) is 1.69. The molecule has 1 aromatic carbocycles. The van der Waals surface area contributed by atoms with Gasteiger partial charge < -0.3 is 0 Å².